The Hall–Kier alpha value is -8.01. The molecule has 1 aliphatic rings. The molecule has 0 saturated carbocycles. The van der Waals surface area contributed by atoms with Gasteiger partial charge in [0.2, 0.25) is 0 Å². The third-order valence-electron chi connectivity index (χ3n) is 12.6. The van der Waals surface area contributed by atoms with Crippen molar-refractivity contribution in [2.24, 2.45) is 0 Å². The van der Waals surface area contributed by atoms with Crippen LogP contribution in [0, 0.1) is 0 Å². The van der Waals surface area contributed by atoms with Gasteiger partial charge < -0.3 is 9.47 Å². The molecule has 0 spiro atoms. The van der Waals surface area contributed by atoms with Crippen molar-refractivity contribution in [1.82, 2.24) is 9.55 Å². The highest BCUT2D eigenvalue weighted by Gasteiger charge is 2.37. The molecule has 0 fully saturated rings. The number of hydrogen-bond acceptors (Lipinski definition) is 2. The normalized spacial score (nSPS) is 12.7. The van der Waals surface area contributed by atoms with E-state index in [0.717, 1.165) is 39.6 Å². The standard InChI is InChI=1S/C60H45N3/c1-60(2)55-38-45(46-31-34-47(61-41-46)33-28-42-29-35-51(36-30-42)62(48-22-12-5-13-23-48)49-24-14-6-15-25-49)32-37-52(55)53-39-54-57(40-56(53)60)63(50-26-16-7-17-27-50)59(44-20-10-4-11-21-44)58(54)43-18-8-3-9-19-43/h3-41H,1-2H3/b33-28+. The number of anilines is 3. The van der Waals surface area contributed by atoms with Crippen LogP contribution in [0.25, 0.3) is 73.4 Å². The highest BCUT2D eigenvalue weighted by atomic mass is 15.1. The zero-order valence-electron chi connectivity index (χ0n) is 35.4. The van der Waals surface area contributed by atoms with Crippen LogP contribution in [-0.4, -0.2) is 9.55 Å². The summed E-state index contributed by atoms with van der Waals surface area (Å²) in [5, 5.41) is 1.25. The lowest BCUT2D eigenvalue weighted by Crippen LogP contribution is -2.15. The zero-order chi connectivity index (χ0) is 42.3. The Kier molecular flexibility index (Phi) is 9.51. The van der Waals surface area contributed by atoms with Crippen molar-refractivity contribution in [3.05, 3.63) is 247 Å². The number of benzene rings is 8. The smallest absolute Gasteiger partial charge is 0.0630 e. The number of hydrogen-bond donors (Lipinski definition) is 0. The number of rotatable bonds is 9. The Morgan fingerprint density at radius 3 is 1.63 bits per heavy atom. The van der Waals surface area contributed by atoms with Crippen molar-refractivity contribution in [1.29, 1.82) is 0 Å². The monoisotopic (exact) mass is 807 g/mol. The molecule has 0 aliphatic heterocycles. The second-order valence-electron chi connectivity index (χ2n) is 16.8. The lowest BCUT2D eigenvalue weighted by molar-refractivity contribution is 0.661. The predicted molar refractivity (Wildman–Crippen MR) is 265 cm³/mol. The SMILES string of the molecule is CC1(C)c2cc(-c3ccc(/C=C/c4ccc(N(c5ccccc5)c5ccccc5)cc4)nc3)ccc2-c2cc3c(-c4ccccc4)c(-c4ccccc4)n(-c4ccccc4)c3cc21. The van der Waals surface area contributed by atoms with Crippen LogP contribution in [0.1, 0.15) is 36.2 Å². The van der Waals surface area contributed by atoms with Gasteiger partial charge in [-0.3, -0.25) is 4.98 Å². The molecule has 0 saturated heterocycles. The average molecular weight is 808 g/mol. The molecule has 8 aromatic carbocycles. The second-order valence-corrected chi connectivity index (χ2v) is 16.8. The summed E-state index contributed by atoms with van der Waals surface area (Å²) in [5.74, 6) is 0. The van der Waals surface area contributed by atoms with Crippen molar-refractivity contribution in [2.75, 3.05) is 4.90 Å². The summed E-state index contributed by atoms with van der Waals surface area (Å²) in [7, 11) is 0. The molecular formula is C60H45N3. The molecule has 11 rings (SSSR count). The lowest BCUT2D eigenvalue weighted by atomic mass is 9.81. The summed E-state index contributed by atoms with van der Waals surface area (Å²) >= 11 is 0. The average Bonchev–Trinajstić information content (AvgIpc) is 3.80. The van der Waals surface area contributed by atoms with E-state index in [9.17, 15) is 0 Å². The fraction of sp³-hybridized carbons (Fsp3) is 0.0500. The van der Waals surface area contributed by atoms with Crippen molar-refractivity contribution in [3.8, 4) is 50.3 Å². The van der Waals surface area contributed by atoms with Crippen LogP contribution < -0.4 is 4.90 Å². The quantitative estimate of drug-likeness (QED) is 0.145. The first-order valence-corrected chi connectivity index (χ1v) is 21.7. The number of aromatic nitrogens is 2. The summed E-state index contributed by atoms with van der Waals surface area (Å²) in [5.41, 5.74) is 19.9. The van der Waals surface area contributed by atoms with Crippen LogP contribution in [0.4, 0.5) is 17.1 Å². The fourth-order valence-electron chi connectivity index (χ4n) is 9.50. The van der Waals surface area contributed by atoms with E-state index in [1.807, 2.05) is 6.20 Å². The molecule has 2 aromatic heterocycles. The van der Waals surface area contributed by atoms with Crippen LogP contribution in [0.5, 0.6) is 0 Å². The summed E-state index contributed by atoms with van der Waals surface area (Å²) < 4.78 is 2.47. The van der Waals surface area contributed by atoms with Gasteiger partial charge in [-0.05, 0) is 123 Å². The Bertz CT molecular complexity index is 3200. The van der Waals surface area contributed by atoms with Crippen molar-refractivity contribution in [2.45, 2.75) is 19.3 Å². The summed E-state index contributed by atoms with van der Waals surface area (Å²) in [6.45, 7) is 4.75. The van der Waals surface area contributed by atoms with Crippen LogP contribution in [0.15, 0.2) is 225 Å². The van der Waals surface area contributed by atoms with Gasteiger partial charge in [-0.1, -0.05) is 166 Å². The Morgan fingerprint density at radius 1 is 0.460 bits per heavy atom. The molecule has 0 unspecified atom stereocenters. The van der Waals surface area contributed by atoms with Gasteiger partial charge in [0.25, 0.3) is 0 Å². The van der Waals surface area contributed by atoms with Gasteiger partial charge >= 0.3 is 0 Å². The lowest BCUT2D eigenvalue weighted by Gasteiger charge is -2.25. The van der Waals surface area contributed by atoms with Crippen molar-refractivity contribution < 1.29 is 0 Å². The molecule has 0 N–H and O–H groups in total. The van der Waals surface area contributed by atoms with E-state index >= 15 is 0 Å². The summed E-state index contributed by atoms with van der Waals surface area (Å²) in [6, 6.07) is 78.4. The van der Waals surface area contributed by atoms with E-state index in [2.05, 4.69) is 254 Å². The van der Waals surface area contributed by atoms with Crippen LogP contribution in [0.3, 0.4) is 0 Å². The van der Waals surface area contributed by atoms with Crippen molar-refractivity contribution in [3.63, 3.8) is 0 Å². The molecule has 2 heterocycles. The zero-order valence-corrected chi connectivity index (χ0v) is 35.4. The van der Waals surface area contributed by atoms with Gasteiger partial charge in [0, 0.05) is 50.9 Å². The van der Waals surface area contributed by atoms with E-state index in [4.69, 9.17) is 4.98 Å². The largest absolute Gasteiger partial charge is 0.311 e. The van der Waals surface area contributed by atoms with Crippen molar-refractivity contribution >= 4 is 40.1 Å². The first kappa shape index (κ1) is 38.0. The van der Waals surface area contributed by atoms with E-state index in [1.165, 1.54) is 61.1 Å². The minimum absolute atomic E-state index is 0.217. The molecule has 1 aliphatic carbocycles. The minimum Gasteiger partial charge on any atom is -0.311 e. The van der Waals surface area contributed by atoms with Gasteiger partial charge in [0.1, 0.15) is 0 Å². The maximum absolute atomic E-state index is 4.91. The molecule has 3 nitrogen and oxygen atoms in total. The van der Waals surface area contributed by atoms with Gasteiger partial charge in [0.05, 0.1) is 16.9 Å². The van der Waals surface area contributed by atoms with Crippen LogP contribution in [0.2, 0.25) is 0 Å². The van der Waals surface area contributed by atoms with E-state index in [1.54, 1.807) is 0 Å². The maximum Gasteiger partial charge on any atom is 0.0630 e. The van der Waals surface area contributed by atoms with Gasteiger partial charge in [0.15, 0.2) is 0 Å². The molecular weight excluding hydrogens is 763 g/mol. The Balaban J connectivity index is 0.919. The highest BCUT2D eigenvalue weighted by molar-refractivity contribution is 6.08. The van der Waals surface area contributed by atoms with Gasteiger partial charge in [-0.15, -0.1) is 0 Å². The van der Waals surface area contributed by atoms with E-state index < -0.39 is 0 Å². The Morgan fingerprint density at radius 2 is 1.02 bits per heavy atom. The van der Waals surface area contributed by atoms with Crippen LogP contribution >= 0.6 is 0 Å². The predicted octanol–water partition coefficient (Wildman–Crippen LogP) is 16.0. The number of pyridine rings is 1. The third kappa shape index (κ3) is 6.85. The van der Waals surface area contributed by atoms with E-state index in [0.29, 0.717) is 0 Å². The molecule has 0 atom stereocenters. The second kappa shape index (κ2) is 15.8. The molecule has 0 bridgehead atoms. The van der Waals surface area contributed by atoms with Gasteiger partial charge in [-0.2, -0.15) is 0 Å². The first-order valence-electron chi connectivity index (χ1n) is 21.7. The molecule has 300 valence electrons. The number of para-hydroxylation sites is 3. The van der Waals surface area contributed by atoms with Gasteiger partial charge in [-0.25, -0.2) is 0 Å². The molecule has 0 amide bonds. The highest BCUT2D eigenvalue weighted by Crippen LogP contribution is 2.53. The third-order valence-corrected chi connectivity index (χ3v) is 12.6. The maximum atomic E-state index is 4.91. The molecule has 10 aromatic rings. The molecule has 3 heteroatoms. The van der Waals surface area contributed by atoms with Crippen LogP contribution in [-0.2, 0) is 5.41 Å². The molecule has 63 heavy (non-hydrogen) atoms. The number of nitrogens with zero attached hydrogens (tertiary/aromatic N) is 3. The molecule has 0 radical (unpaired) electrons. The van der Waals surface area contributed by atoms with E-state index in [-0.39, 0.29) is 5.41 Å². The first-order chi connectivity index (χ1) is 31.0. The summed E-state index contributed by atoms with van der Waals surface area (Å²) in [6.07, 6.45) is 6.23. The topological polar surface area (TPSA) is 21.1 Å². The number of fused-ring (bicyclic) bond motifs is 4. The Labute approximate surface area is 369 Å². The fourth-order valence-corrected chi connectivity index (χ4v) is 9.50. The minimum atomic E-state index is -0.217. The summed E-state index contributed by atoms with van der Waals surface area (Å²) in [4.78, 5) is 7.18.